The van der Waals surface area contributed by atoms with E-state index < -0.39 is 0 Å². The second-order valence-corrected chi connectivity index (χ2v) is 5.72. The summed E-state index contributed by atoms with van der Waals surface area (Å²) in [6.45, 7) is 3.55. The maximum atomic E-state index is 11.3. The highest BCUT2D eigenvalue weighted by molar-refractivity contribution is 5.76. The van der Waals surface area contributed by atoms with E-state index in [2.05, 4.69) is 19.4 Å². The number of carbonyl (C=O) groups is 1. The first-order valence-corrected chi connectivity index (χ1v) is 7.67. The maximum absolute atomic E-state index is 11.3. The molecular formula is C16H21N5O. The van der Waals surface area contributed by atoms with E-state index in [1.54, 1.807) is 12.4 Å². The Balaban J connectivity index is 1.63. The lowest BCUT2D eigenvalue weighted by molar-refractivity contribution is -0.123. The number of hydrogen-bond acceptors (Lipinski definition) is 4. The molecule has 0 aromatic carbocycles. The van der Waals surface area contributed by atoms with E-state index in [9.17, 15) is 4.79 Å². The van der Waals surface area contributed by atoms with Gasteiger partial charge < -0.3 is 15.2 Å². The maximum Gasteiger partial charge on any atom is 0.221 e. The summed E-state index contributed by atoms with van der Waals surface area (Å²) in [5.74, 6) is 0.770. The first kappa shape index (κ1) is 14.7. The summed E-state index contributed by atoms with van der Waals surface area (Å²) in [5.41, 5.74) is 6.50. The first-order chi connectivity index (χ1) is 10.7. The number of amides is 1. The van der Waals surface area contributed by atoms with Gasteiger partial charge in [-0.05, 0) is 31.5 Å². The Hall–Kier alpha value is -2.21. The normalized spacial score (nSPS) is 19.2. The van der Waals surface area contributed by atoms with Crippen LogP contribution in [0.2, 0.25) is 0 Å². The molecule has 1 unspecified atom stereocenters. The number of nitrogens with zero attached hydrogens (tertiary/aromatic N) is 4. The zero-order valence-corrected chi connectivity index (χ0v) is 12.6. The molecular weight excluding hydrogens is 278 g/mol. The number of hydrogen-bond donors (Lipinski definition) is 1. The molecule has 1 saturated heterocycles. The molecule has 2 N–H and O–H groups in total. The molecule has 116 valence electrons. The second-order valence-electron chi connectivity index (χ2n) is 5.72. The van der Waals surface area contributed by atoms with Crippen LogP contribution >= 0.6 is 0 Å². The second kappa shape index (κ2) is 6.70. The zero-order chi connectivity index (χ0) is 15.4. The van der Waals surface area contributed by atoms with E-state index in [-0.39, 0.29) is 11.8 Å². The number of aromatic nitrogens is 3. The minimum atomic E-state index is -0.176. The molecule has 1 aliphatic heterocycles. The Morgan fingerprint density at radius 1 is 1.27 bits per heavy atom. The highest BCUT2D eigenvalue weighted by Crippen LogP contribution is 2.18. The summed E-state index contributed by atoms with van der Waals surface area (Å²) in [6, 6.07) is 3.92. The van der Waals surface area contributed by atoms with E-state index in [4.69, 9.17) is 5.73 Å². The molecule has 1 atom stereocenters. The van der Waals surface area contributed by atoms with Gasteiger partial charge in [0.1, 0.15) is 5.82 Å². The van der Waals surface area contributed by atoms with E-state index in [1.807, 2.05) is 24.5 Å². The summed E-state index contributed by atoms with van der Waals surface area (Å²) in [4.78, 5) is 22.1. The highest BCUT2D eigenvalue weighted by Gasteiger charge is 2.23. The topological polar surface area (TPSA) is 77.0 Å². The number of rotatable bonds is 5. The minimum absolute atomic E-state index is 0.00351. The SMILES string of the molecule is NC(=O)C1CCCN(CCn2ccnc2-c2ccncc2)C1. The van der Waals surface area contributed by atoms with Crippen molar-refractivity contribution < 1.29 is 4.79 Å². The van der Waals surface area contributed by atoms with Crippen LogP contribution in [0.1, 0.15) is 12.8 Å². The fourth-order valence-electron chi connectivity index (χ4n) is 2.99. The molecule has 6 heteroatoms. The molecule has 0 spiro atoms. The van der Waals surface area contributed by atoms with Crippen LogP contribution in [0.25, 0.3) is 11.4 Å². The molecule has 0 bridgehead atoms. The van der Waals surface area contributed by atoms with Crippen molar-refractivity contribution in [2.75, 3.05) is 19.6 Å². The fourth-order valence-corrected chi connectivity index (χ4v) is 2.99. The van der Waals surface area contributed by atoms with Gasteiger partial charge in [-0.1, -0.05) is 0 Å². The molecule has 1 fully saturated rings. The van der Waals surface area contributed by atoms with Gasteiger partial charge in [-0.3, -0.25) is 9.78 Å². The summed E-state index contributed by atoms with van der Waals surface area (Å²) in [5, 5.41) is 0. The van der Waals surface area contributed by atoms with Gasteiger partial charge in [-0.2, -0.15) is 0 Å². The molecule has 2 aromatic heterocycles. The third-order valence-electron chi connectivity index (χ3n) is 4.22. The van der Waals surface area contributed by atoms with Crippen LogP contribution in [0.3, 0.4) is 0 Å². The van der Waals surface area contributed by atoms with Crippen molar-refractivity contribution in [3.8, 4) is 11.4 Å². The van der Waals surface area contributed by atoms with E-state index in [1.165, 1.54) is 0 Å². The summed E-state index contributed by atoms with van der Waals surface area (Å²) >= 11 is 0. The molecule has 1 amide bonds. The van der Waals surface area contributed by atoms with Crippen LogP contribution in [0.15, 0.2) is 36.9 Å². The Kier molecular flexibility index (Phi) is 4.48. The lowest BCUT2D eigenvalue weighted by Gasteiger charge is -2.31. The molecule has 22 heavy (non-hydrogen) atoms. The molecule has 0 aliphatic carbocycles. The molecule has 3 rings (SSSR count). The van der Waals surface area contributed by atoms with Crippen molar-refractivity contribution in [2.24, 2.45) is 11.7 Å². The van der Waals surface area contributed by atoms with Crippen molar-refractivity contribution in [1.29, 1.82) is 0 Å². The van der Waals surface area contributed by atoms with Gasteiger partial charge in [-0.15, -0.1) is 0 Å². The van der Waals surface area contributed by atoms with Gasteiger partial charge in [0.15, 0.2) is 0 Å². The van der Waals surface area contributed by atoms with Gasteiger partial charge in [0, 0.05) is 50.0 Å². The van der Waals surface area contributed by atoms with Gasteiger partial charge in [0.25, 0.3) is 0 Å². The smallest absolute Gasteiger partial charge is 0.221 e. The number of nitrogens with two attached hydrogens (primary N) is 1. The summed E-state index contributed by atoms with van der Waals surface area (Å²) in [7, 11) is 0. The van der Waals surface area contributed by atoms with E-state index >= 15 is 0 Å². The Labute approximate surface area is 130 Å². The van der Waals surface area contributed by atoms with Crippen LogP contribution < -0.4 is 5.73 Å². The van der Waals surface area contributed by atoms with Gasteiger partial charge in [0.05, 0.1) is 5.92 Å². The van der Waals surface area contributed by atoms with Crippen molar-refractivity contribution in [2.45, 2.75) is 19.4 Å². The number of likely N-dealkylation sites (tertiary alicyclic amines) is 1. The number of piperidine rings is 1. The zero-order valence-electron chi connectivity index (χ0n) is 12.6. The third-order valence-corrected chi connectivity index (χ3v) is 4.22. The number of pyridine rings is 1. The standard InChI is InChI=1S/C16H21N5O/c17-15(22)14-2-1-8-20(12-14)10-11-21-9-7-19-16(21)13-3-5-18-6-4-13/h3-7,9,14H,1-2,8,10-12H2,(H2,17,22). The monoisotopic (exact) mass is 299 g/mol. The molecule has 3 heterocycles. The van der Waals surface area contributed by atoms with Gasteiger partial charge in [-0.25, -0.2) is 4.98 Å². The van der Waals surface area contributed by atoms with Crippen molar-refractivity contribution in [3.63, 3.8) is 0 Å². The average Bonchev–Trinajstić information content (AvgIpc) is 3.02. The molecule has 0 radical (unpaired) electrons. The highest BCUT2D eigenvalue weighted by atomic mass is 16.1. The first-order valence-electron chi connectivity index (χ1n) is 7.67. The van der Waals surface area contributed by atoms with Gasteiger partial charge in [0.2, 0.25) is 5.91 Å². The Bertz CT molecular complexity index is 624. The average molecular weight is 299 g/mol. The van der Waals surface area contributed by atoms with E-state index in [0.717, 1.165) is 50.4 Å². The quantitative estimate of drug-likeness (QED) is 0.898. The molecule has 2 aromatic rings. The summed E-state index contributed by atoms with van der Waals surface area (Å²) < 4.78 is 2.14. The molecule has 0 saturated carbocycles. The van der Waals surface area contributed by atoms with Crippen LogP contribution in [-0.2, 0) is 11.3 Å². The van der Waals surface area contributed by atoms with Gasteiger partial charge >= 0.3 is 0 Å². The minimum Gasteiger partial charge on any atom is -0.369 e. The molecule has 6 nitrogen and oxygen atoms in total. The predicted octanol–water partition coefficient (Wildman–Crippen LogP) is 1.14. The fraction of sp³-hybridized carbons (Fsp3) is 0.438. The van der Waals surface area contributed by atoms with Crippen molar-refractivity contribution in [3.05, 3.63) is 36.9 Å². The largest absolute Gasteiger partial charge is 0.369 e. The third kappa shape index (κ3) is 3.33. The lowest BCUT2D eigenvalue weighted by atomic mass is 9.97. The predicted molar refractivity (Wildman–Crippen MR) is 83.8 cm³/mol. The van der Waals surface area contributed by atoms with Crippen molar-refractivity contribution in [1.82, 2.24) is 19.4 Å². The Morgan fingerprint density at radius 2 is 2.09 bits per heavy atom. The van der Waals surface area contributed by atoms with Crippen LogP contribution in [-0.4, -0.2) is 45.0 Å². The van der Waals surface area contributed by atoms with Crippen LogP contribution in [0, 0.1) is 5.92 Å². The summed E-state index contributed by atoms with van der Waals surface area (Å²) in [6.07, 6.45) is 9.31. The van der Waals surface area contributed by atoms with Crippen molar-refractivity contribution >= 4 is 5.91 Å². The molecule has 1 aliphatic rings. The number of imidazole rings is 1. The van der Waals surface area contributed by atoms with Crippen LogP contribution in [0.4, 0.5) is 0 Å². The van der Waals surface area contributed by atoms with Crippen LogP contribution in [0.5, 0.6) is 0 Å². The number of carbonyl (C=O) groups excluding carboxylic acids is 1. The Morgan fingerprint density at radius 3 is 2.86 bits per heavy atom. The van der Waals surface area contributed by atoms with E-state index in [0.29, 0.717) is 0 Å². The lowest BCUT2D eigenvalue weighted by Crippen LogP contribution is -2.42. The number of primary amides is 1.